The van der Waals surface area contributed by atoms with Crippen LogP contribution in [0.3, 0.4) is 0 Å². The summed E-state index contributed by atoms with van der Waals surface area (Å²) >= 11 is 6.02. The zero-order valence-electron chi connectivity index (χ0n) is 17.8. The van der Waals surface area contributed by atoms with Crippen LogP contribution in [0.5, 0.6) is 5.75 Å². The van der Waals surface area contributed by atoms with Crippen LogP contribution in [0.2, 0.25) is 5.02 Å². The Morgan fingerprint density at radius 3 is 2.67 bits per heavy atom. The number of rotatable bonds is 5. The highest BCUT2D eigenvalue weighted by Gasteiger charge is 2.36. The molecule has 1 aromatic carbocycles. The van der Waals surface area contributed by atoms with Crippen molar-refractivity contribution in [1.29, 1.82) is 0 Å². The molecule has 2 aliphatic heterocycles. The molecule has 2 aliphatic rings. The number of nitrogens with two attached hydrogens (primary N) is 1. The standard InChI is InChI=1S/C21H23ClN6O5/c1-33-14-3-2-11(22)8-13(14)24-19(31)12-9-15(29)25-18-16(12)20(32)27-21(26-18)28-6-4-10(5-7-28)17(23)30/h2-3,8,10,12H,4-7,9H2,1H3,(H2,23,30)(H,24,31)(H2,25,26,27,29,32)/t12-/m1/s1. The topological polar surface area (TPSA) is 160 Å². The van der Waals surface area contributed by atoms with Crippen LogP contribution in [0.4, 0.5) is 17.5 Å². The van der Waals surface area contributed by atoms with Crippen LogP contribution < -0.4 is 31.6 Å². The third-order valence-electron chi connectivity index (χ3n) is 5.87. The molecule has 3 amide bonds. The number of nitrogens with zero attached hydrogens (tertiary/aromatic N) is 2. The van der Waals surface area contributed by atoms with Crippen molar-refractivity contribution >= 4 is 46.8 Å². The average Bonchev–Trinajstić information content (AvgIpc) is 2.78. The number of ether oxygens (including phenoxy) is 1. The van der Waals surface area contributed by atoms with Gasteiger partial charge in [0.15, 0.2) is 0 Å². The second-order valence-electron chi connectivity index (χ2n) is 7.95. The molecule has 0 radical (unpaired) electrons. The molecule has 11 nitrogen and oxygen atoms in total. The number of methoxy groups -OCH3 is 1. The first-order chi connectivity index (χ1) is 15.8. The third-order valence-corrected chi connectivity index (χ3v) is 6.11. The van der Waals surface area contributed by atoms with Crippen LogP contribution in [0, 0.1) is 5.92 Å². The van der Waals surface area contributed by atoms with Crippen molar-refractivity contribution in [1.82, 2.24) is 9.97 Å². The van der Waals surface area contributed by atoms with Crippen molar-refractivity contribution in [3.63, 3.8) is 0 Å². The van der Waals surface area contributed by atoms with E-state index in [0.29, 0.717) is 42.4 Å². The fourth-order valence-electron chi connectivity index (χ4n) is 4.11. The summed E-state index contributed by atoms with van der Waals surface area (Å²) in [5.74, 6) is -1.93. The molecule has 1 fully saturated rings. The maximum Gasteiger partial charge on any atom is 0.258 e. The van der Waals surface area contributed by atoms with E-state index in [-0.39, 0.29) is 35.6 Å². The quantitative estimate of drug-likeness (QED) is 0.506. The number of benzene rings is 1. The van der Waals surface area contributed by atoms with Crippen LogP contribution in [0.15, 0.2) is 23.0 Å². The van der Waals surface area contributed by atoms with Crippen molar-refractivity contribution in [3.8, 4) is 5.75 Å². The van der Waals surface area contributed by atoms with Gasteiger partial charge < -0.3 is 26.0 Å². The number of anilines is 3. The van der Waals surface area contributed by atoms with Crippen LogP contribution in [-0.4, -0.2) is 47.9 Å². The van der Waals surface area contributed by atoms with Gasteiger partial charge in [0.1, 0.15) is 11.6 Å². The van der Waals surface area contributed by atoms with Crippen molar-refractivity contribution in [2.45, 2.75) is 25.2 Å². The summed E-state index contributed by atoms with van der Waals surface area (Å²) in [5.41, 5.74) is 5.25. The number of aromatic amines is 1. The second-order valence-corrected chi connectivity index (χ2v) is 8.39. The Morgan fingerprint density at radius 1 is 1.27 bits per heavy atom. The lowest BCUT2D eigenvalue weighted by molar-refractivity contribution is -0.123. The van der Waals surface area contributed by atoms with Gasteiger partial charge >= 0.3 is 0 Å². The number of halogens is 1. The van der Waals surface area contributed by atoms with Gasteiger partial charge in [0, 0.05) is 30.5 Å². The van der Waals surface area contributed by atoms with Gasteiger partial charge in [-0.05, 0) is 31.0 Å². The number of H-pyrrole nitrogens is 1. The highest BCUT2D eigenvalue weighted by molar-refractivity contribution is 6.31. The van der Waals surface area contributed by atoms with E-state index in [2.05, 4.69) is 20.6 Å². The molecule has 1 atom stereocenters. The second kappa shape index (κ2) is 9.10. The predicted octanol–water partition coefficient (Wildman–Crippen LogP) is 1.20. The average molecular weight is 475 g/mol. The minimum Gasteiger partial charge on any atom is -0.495 e. The third kappa shape index (κ3) is 4.63. The lowest BCUT2D eigenvalue weighted by atomic mass is 9.92. The first-order valence-electron chi connectivity index (χ1n) is 10.4. The van der Waals surface area contributed by atoms with Crippen LogP contribution >= 0.6 is 11.6 Å². The van der Waals surface area contributed by atoms with E-state index < -0.39 is 23.3 Å². The van der Waals surface area contributed by atoms with E-state index >= 15 is 0 Å². The van der Waals surface area contributed by atoms with Crippen LogP contribution in [-0.2, 0) is 14.4 Å². The fraction of sp³-hybridized carbons (Fsp3) is 0.381. The molecule has 174 valence electrons. The Bertz CT molecular complexity index is 1170. The molecule has 2 aromatic rings. The molecule has 0 unspecified atom stereocenters. The van der Waals surface area contributed by atoms with Gasteiger partial charge in [-0.25, -0.2) is 0 Å². The Labute approximate surface area is 193 Å². The van der Waals surface area contributed by atoms with E-state index in [0.717, 1.165) is 0 Å². The number of piperidine rings is 1. The number of primary amides is 1. The monoisotopic (exact) mass is 474 g/mol. The molecule has 4 rings (SSSR count). The van der Waals surface area contributed by atoms with Gasteiger partial charge in [0.2, 0.25) is 23.7 Å². The molecule has 12 heteroatoms. The maximum atomic E-state index is 13.1. The summed E-state index contributed by atoms with van der Waals surface area (Å²) in [4.78, 5) is 58.7. The van der Waals surface area contributed by atoms with Gasteiger partial charge in [-0.1, -0.05) is 11.6 Å². The Morgan fingerprint density at radius 2 is 2.00 bits per heavy atom. The Kier molecular flexibility index (Phi) is 6.23. The zero-order chi connectivity index (χ0) is 23.7. The van der Waals surface area contributed by atoms with E-state index in [1.54, 1.807) is 12.1 Å². The van der Waals surface area contributed by atoms with Crippen LogP contribution in [0.25, 0.3) is 0 Å². The highest BCUT2D eigenvalue weighted by atomic mass is 35.5. The van der Waals surface area contributed by atoms with Crippen molar-refractivity contribution in [2.75, 3.05) is 35.7 Å². The van der Waals surface area contributed by atoms with E-state index in [1.165, 1.54) is 13.2 Å². The van der Waals surface area contributed by atoms with Gasteiger partial charge in [-0.3, -0.25) is 24.2 Å². The number of hydrogen-bond acceptors (Lipinski definition) is 7. The summed E-state index contributed by atoms with van der Waals surface area (Å²) in [7, 11) is 1.45. The molecule has 1 aromatic heterocycles. The number of carbonyl (C=O) groups excluding carboxylic acids is 3. The summed E-state index contributed by atoms with van der Waals surface area (Å²) < 4.78 is 5.24. The molecular formula is C21H23ClN6O5. The fourth-order valence-corrected chi connectivity index (χ4v) is 4.28. The normalized spacial score (nSPS) is 18.3. The van der Waals surface area contributed by atoms with Gasteiger partial charge in [-0.2, -0.15) is 4.98 Å². The SMILES string of the molecule is COc1ccc(Cl)cc1NC(=O)[C@@H]1CC(=O)Nc2nc(N3CCC(C(N)=O)CC3)[nH]c(=O)c21. The van der Waals surface area contributed by atoms with E-state index in [1.807, 2.05) is 4.90 Å². The summed E-state index contributed by atoms with van der Waals surface area (Å²) in [6.07, 6.45) is 0.861. The smallest absolute Gasteiger partial charge is 0.258 e. The molecule has 1 saturated heterocycles. The first kappa shape index (κ1) is 22.6. The first-order valence-corrected chi connectivity index (χ1v) is 10.8. The predicted molar refractivity (Wildman–Crippen MR) is 122 cm³/mol. The molecule has 0 spiro atoms. The van der Waals surface area contributed by atoms with Crippen LogP contribution in [0.1, 0.15) is 30.7 Å². The molecule has 3 heterocycles. The van der Waals surface area contributed by atoms with Crippen molar-refractivity contribution in [2.24, 2.45) is 11.7 Å². The minimum absolute atomic E-state index is 0.0419. The number of hydrogen-bond donors (Lipinski definition) is 4. The van der Waals surface area contributed by atoms with E-state index in [9.17, 15) is 19.2 Å². The summed E-state index contributed by atoms with van der Waals surface area (Å²) in [6.45, 7) is 0.948. The molecule has 0 saturated carbocycles. The number of nitrogens with one attached hydrogen (secondary N) is 3. The molecular weight excluding hydrogens is 452 g/mol. The minimum atomic E-state index is -1.05. The summed E-state index contributed by atoms with van der Waals surface area (Å²) in [5, 5.41) is 5.67. The van der Waals surface area contributed by atoms with Gasteiger partial charge in [0.25, 0.3) is 5.56 Å². The Hall–Kier alpha value is -3.60. The zero-order valence-corrected chi connectivity index (χ0v) is 18.6. The number of fused-ring (bicyclic) bond motifs is 1. The number of aromatic nitrogens is 2. The summed E-state index contributed by atoms with van der Waals surface area (Å²) in [6, 6.07) is 4.73. The van der Waals surface area contributed by atoms with Gasteiger partial charge in [-0.15, -0.1) is 0 Å². The highest BCUT2D eigenvalue weighted by Crippen LogP contribution is 2.33. The molecule has 5 N–H and O–H groups in total. The van der Waals surface area contributed by atoms with Crippen molar-refractivity contribution < 1.29 is 19.1 Å². The lowest BCUT2D eigenvalue weighted by Gasteiger charge is -2.32. The number of amides is 3. The van der Waals surface area contributed by atoms with Crippen molar-refractivity contribution in [3.05, 3.63) is 39.1 Å². The van der Waals surface area contributed by atoms with Gasteiger partial charge in [0.05, 0.1) is 24.3 Å². The molecule has 0 bridgehead atoms. The largest absolute Gasteiger partial charge is 0.495 e. The maximum absolute atomic E-state index is 13.1. The molecule has 33 heavy (non-hydrogen) atoms. The van der Waals surface area contributed by atoms with E-state index in [4.69, 9.17) is 22.1 Å². The Balaban J connectivity index is 1.61. The lowest BCUT2D eigenvalue weighted by Crippen LogP contribution is -2.41. The molecule has 0 aliphatic carbocycles. The number of carbonyl (C=O) groups is 3.